The summed E-state index contributed by atoms with van der Waals surface area (Å²) >= 11 is 0. The van der Waals surface area contributed by atoms with Crippen LogP contribution in [-0.2, 0) is 6.54 Å². The van der Waals surface area contributed by atoms with E-state index in [2.05, 4.69) is 10.3 Å². The molecular weight excluding hydrogens is 318 g/mol. The van der Waals surface area contributed by atoms with E-state index in [0.717, 1.165) is 11.3 Å². The maximum Gasteiger partial charge on any atom is 0.272 e. The number of nitrogens with zero attached hydrogens (tertiary/aromatic N) is 2. The molecule has 0 spiro atoms. The Bertz CT molecular complexity index is 698. The van der Waals surface area contributed by atoms with Gasteiger partial charge in [0.25, 0.3) is 5.91 Å². The lowest BCUT2D eigenvalue weighted by Crippen LogP contribution is -2.31. The average molecular weight is 343 g/mol. The summed E-state index contributed by atoms with van der Waals surface area (Å²) in [4.78, 5) is 18.3. The molecular formula is C19H25N3O3. The molecule has 1 amide bonds. The van der Waals surface area contributed by atoms with Crippen LogP contribution in [0.15, 0.2) is 36.5 Å². The number of aromatic nitrogens is 1. The van der Waals surface area contributed by atoms with Gasteiger partial charge in [0, 0.05) is 19.6 Å². The second-order valence-corrected chi connectivity index (χ2v) is 5.45. The van der Waals surface area contributed by atoms with E-state index in [-0.39, 0.29) is 5.91 Å². The molecule has 25 heavy (non-hydrogen) atoms. The Morgan fingerprint density at radius 1 is 1.08 bits per heavy atom. The fourth-order valence-corrected chi connectivity index (χ4v) is 2.49. The fraction of sp³-hybridized carbons (Fsp3) is 0.368. The molecule has 134 valence electrons. The summed E-state index contributed by atoms with van der Waals surface area (Å²) in [5.41, 5.74) is 2.37. The molecule has 6 nitrogen and oxygen atoms in total. The zero-order valence-electron chi connectivity index (χ0n) is 15.2. The van der Waals surface area contributed by atoms with E-state index >= 15 is 0 Å². The first-order chi connectivity index (χ1) is 12.1. The van der Waals surface area contributed by atoms with Crippen LogP contribution in [0.5, 0.6) is 11.5 Å². The van der Waals surface area contributed by atoms with Crippen LogP contribution in [0.4, 0.5) is 5.69 Å². The minimum Gasteiger partial charge on any atom is -0.493 e. The molecule has 0 saturated heterocycles. The van der Waals surface area contributed by atoms with Gasteiger partial charge in [-0.2, -0.15) is 0 Å². The van der Waals surface area contributed by atoms with E-state index in [4.69, 9.17) is 9.47 Å². The number of carbonyl (C=O) groups excluding carboxylic acids is 1. The molecule has 0 aliphatic carbocycles. The van der Waals surface area contributed by atoms with Gasteiger partial charge in [0.15, 0.2) is 11.5 Å². The topological polar surface area (TPSA) is 63.7 Å². The van der Waals surface area contributed by atoms with Crippen molar-refractivity contribution in [3.63, 3.8) is 0 Å². The van der Waals surface area contributed by atoms with Gasteiger partial charge < -0.3 is 19.7 Å². The van der Waals surface area contributed by atoms with E-state index in [1.54, 1.807) is 31.4 Å². The molecule has 1 heterocycles. The quantitative estimate of drug-likeness (QED) is 0.797. The van der Waals surface area contributed by atoms with Crippen LogP contribution in [0.25, 0.3) is 0 Å². The van der Waals surface area contributed by atoms with Crippen molar-refractivity contribution in [1.29, 1.82) is 0 Å². The van der Waals surface area contributed by atoms with E-state index in [0.29, 0.717) is 36.8 Å². The molecule has 0 aliphatic rings. The Morgan fingerprint density at radius 3 is 2.36 bits per heavy atom. The first-order valence-corrected chi connectivity index (χ1v) is 8.33. The number of nitrogens with one attached hydrogen (secondary N) is 1. The Kier molecular flexibility index (Phi) is 6.62. The van der Waals surface area contributed by atoms with Gasteiger partial charge in [-0.25, -0.2) is 4.98 Å². The summed E-state index contributed by atoms with van der Waals surface area (Å²) in [6, 6.07) is 9.39. The molecule has 0 aliphatic heterocycles. The minimum absolute atomic E-state index is 0.0450. The summed E-state index contributed by atoms with van der Waals surface area (Å²) in [5, 5.41) is 3.29. The molecule has 1 aromatic heterocycles. The zero-order chi connectivity index (χ0) is 18.2. The van der Waals surface area contributed by atoms with Gasteiger partial charge in [0.2, 0.25) is 0 Å². The number of benzene rings is 1. The fourth-order valence-electron chi connectivity index (χ4n) is 2.49. The van der Waals surface area contributed by atoms with E-state index < -0.39 is 0 Å². The monoisotopic (exact) mass is 343 g/mol. The van der Waals surface area contributed by atoms with Gasteiger partial charge in [-0.15, -0.1) is 0 Å². The third kappa shape index (κ3) is 4.62. The van der Waals surface area contributed by atoms with Crippen molar-refractivity contribution in [3.05, 3.63) is 47.8 Å². The van der Waals surface area contributed by atoms with Crippen LogP contribution >= 0.6 is 0 Å². The molecule has 1 aromatic carbocycles. The van der Waals surface area contributed by atoms with Crippen LogP contribution in [0.3, 0.4) is 0 Å². The zero-order valence-corrected chi connectivity index (χ0v) is 15.2. The van der Waals surface area contributed by atoms with Gasteiger partial charge in [-0.1, -0.05) is 6.07 Å². The number of anilines is 1. The molecule has 6 heteroatoms. The first-order valence-electron chi connectivity index (χ1n) is 8.33. The van der Waals surface area contributed by atoms with Gasteiger partial charge in [-0.3, -0.25) is 4.79 Å². The largest absolute Gasteiger partial charge is 0.493 e. The second kappa shape index (κ2) is 8.92. The predicted molar refractivity (Wildman–Crippen MR) is 98.4 cm³/mol. The number of carbonyl (C=O) groups is 1. The number of rotatable bonds is 8. The number of amides is 1. The molecule has 0 atom stereocenters. The first kappa shape index (κ1) is 18.6. The summed E-state index contributed by atoms with van der Waals surface area (Å²) in [6.07, 6.45) is 1.68. The maximum atomic E-state index is 12.2. The van der Waals surface area contributed by atoms with Gasteiger partial charge in [0.05, 0.1) is 26.1 Å². The lowest BCUT2D eigenvalue weighted by Gasteiger charge is -2.18. The number of hydrogen-bond acceptors (Lipinski definition) is 5. The van der Waals surface area contributed by atoms with Gasteiger partial charge in [-0.05, 0) is 43.7 Å². The molecule has 1 N–H and O–H groups in total. The highest BCUT2D eigenvalue weighted by Crippen LogP contribution is 2.27. The number of hydrogen-bond donors (Lipinski definition) is 1. The highest BCUT2D eigenvalue weighted by molar-refractivity contribution is 5.92. The molecule has 0 saturated carbocycles. The highest BCUT2D eigenvalue weighted by atomic mass is 16.5. The molecule has 2 aromatic rings. The van der Waals surface area contributed by atoms with E-state index in [1.807, 2.05) is 38.1 Å². The summed E-state index contributed by atoms with van der Waals surface area (Å²) in [7, 11) is 3.23. The Hall–Kier alpha value is -2.76. The van der Waals surface area contributed by atoms with Gasteiger partial charge >= 0.3 is 0 Å². The standard InChI is InChI=1S/C19H25N3O3/c1-5-22(6-2)19(23)16-9-8-15(13-21-16)20-12-14-7-10-17(24-3)18(11-14)25-4/h7-11,13,20H,5-6,12H2,1-4H3. The third-order valence-electron chi connectivity index (χ3n) is 3.98. The van der Waals surface area contributed by atoms with Crippen LogP contribution in [0.1, 0.15) is 29.9 Å². The smallest absolute Gasteiger partial charge is 0.272 e. The van der Waals surface area contributed by atoms with E-state index in [9.17, 15) is 4.79 Å². The van der Waals surface area contributed by atoms with Gasteiger partial charge in [0.1, 0.15) is 5.69 Å². The van der Waals surface area contributed by atoms with E-state index in [1.165, 1.54) is 0 Å². The van der Waals surface area contributed by atoms with Crippen molar-refractivity contribution in [2.75, 3.05) is 32.6 Å². The van der Waals surface area contributed by atoms with Crippen LogP contribution in [-0.4, -0.2) is 43.1 Å². The molecule has 0 unspecified atom stereocenters. The molecule has 0 bridgehead atoms. The van der Waals surface area contributed by atoms with Crippen molar-refractivity contribution < 1.29 is 14.3 Å². The molecule has 2 rings (SSSR count). The summed E-state index contributed by atoms with van der Waals surface area (Å²) < 4.78 is 10.5. The van der Waals surface area contributed by atoms with Crippen LogP contribution < -0.4 is 14.8 Å². The van der Waals surface area contributed by atoms with Crippen molar-refractivity contribution in [2.24, 2.45) is 0 Å². The van der Waals surface area contributed by atoms with Crippen LogP contribution in [0, 0.1) is 0 Å². The Morgan fingerprint density at radius 2 is 1.80 bits per heavy atom. The predicted octanol–water partition coefficient (Wildman–Crippen LogP) is 3.19. The minimum atomic E-state index is -0.0450. The lowest BCUT2D eigenvalue weighted by molar-refractivity contribution is 0.0767. The summed E-state index contributed by atoms with van der Waals surface area (Å²) in [5.74, 6) is 1.35. The maximum absolute atomic E-state index is 12.2. The highest BCUT2D eigenvalue weighted by Gasteiger charge is 2.13. The number of ether oxygens (including phenoxy) is 2. The van der Waals surface area contributed by atoms with Crippen molar-refractivity contribution in [2.45, 2.75) is 20.4 Å². The number of pyridine rings is 1. The Balaban J connectivity index is 2.01. The average Bonchev–Trinajstić information content (AvgIpc) is 2.67. The van der Waals surface area contributed by atoms with Crippen molar-refractivity contribution >= 4 is 11.6 Å². The van der Waals surface area contributed by atoms with Crippen LogP contribution in [0.2, 0.25) is 0 Å². The SMILES string of the molecule is CCN(CC)C(=O)c1ccc(NCc2ccc(OC)c(OC)c2)cn1. The number of methoxy groups -OCH3 is 2. The Labute approximate surface area is 148 Å². The third-order valence-corrected chi connectivity index (χ3v) is 3.98. The van der Waals surface area contributed by atoms with Crippen molar-refractivity contribution in [1.82, 2.24) is 9.88 Å². The molecule has 0 fully saturated rings. The molecule has 0 radical (unpaired) electrons. The van der Waals surface area contributed by atoms with Crippen molar-refractivity contribution in [3.8, 4) is 11.5 Å². The summed E-state index contributed by atoms with van der Waals surface area (Å²) in [6.45, 7) is 5.89. The lowest BCUT2D eigenvalue weighted by atomic mass is 10.2. The normalized spacial score (nSPS) is 10.2. The second-order valence-electron chi connectivity index (χ2n) is 5.45.